The van der Waals surface area contributed by atoms with Crippen molar-refractivity contribution in [2.45, 2.75) is 33.6 Å². The maximum atomic E-state index is 12.4. The molecule has 0 amide bonds. The molecule has 0 unspecified atom stereocenters. The normalized spacial score (nSPS) is 11.7. The van der Waals surface area contributed by atoms with Crippen LogP contribution in [-0.2, 0) is 0 Å². The lowest BCUT2D eigenvalue weighted by atomic mass is 9.95. The van der Waals surface area contributed by atoms with Gasteiger partial charge in [0.15, 0.2) is 5.78 Å². The van der Waals surface area contributed by atoms with Crippen LogP contribution in [0, 0.1) is 5.92 Å². The summed E-state index contributed by atoms with van der Waals surface area (Å²) < 4.78 is 1.70. The van der Waals surface area contributed by atoms with E-state index in [4.69, 9.17) is 11.6 Å². The van der Waals surface area contributed by atoms with Gasteiger partial charge in [-0.2, -0.15) is 5.10 Å². The third kappa shape index (κ3) is 2.03. The average molecular weight is 265 g/mol. The predicted molar refractivity (Wildman–Crippen MR) is 73.5 cm³/mol. The van der Waals surface area contributed by atoms with Crippen LogP contribution in [0.4, 0.5) is 0 Å². The van der Waals surface area contributed by atoms with Gasteiger partial charge < -0.3 is 0 Å². The number of rotatable bonds is 3. The molecule has 4 heteroatoms. The summed E-state index contributed by atoms with van der Waals surface area (Å²) in [5.41, 5.74) is 2.22. The molecule has 0 saturated heterocycles. The van der Waals surface area contributed by atoms with Gasteiger partial charge in [-0.25, -0.2) is 4.52 Å². The summed E-state index contributed by atoms with van der Waals surface area (Å²) >= 11 is 6.22. The zero-order valence-electron chi connectivity index (χ0n) is 11.1. The van der Waals surface area contributed by atoms with Gasteiger partial charge in [0.1, 0.15) is 0 Å². The number of nitrogens with zero attached hydrogens (tertiary/aromatic N) is 2. The molecule has 18 heavy (non-hydrogen) atoms. The van der Waals surface area contributed by atoms with E-state index >= 15 is 0 Å². The summed E-state index contributed by atoms with van der Waals surface area (Å²) in [4.78, 5) is 12.4. The fraction of sp³-hybridized carbons (Fsp3) is 0.429. The monoisotopic (exact) mass is 264 g/mol. The Bertz CT molecular complexity index is 599. The Kier molecular flexibility index (Phi) is 3.44. The molecule has 2 aromatic rings. The lowest BCUT2D eigenvalue weighted by Crippen LogP contribution is -2.10. The first-order valence-electron chi connectivity index (χ1n) is 6.14. The third-order valence-corrected chi connectivity index (χ3v) is 3.26. The molecule has 0 spiro atoms. The number of pyridine rings is 1. The van der Waals surface area contributed by atoms with Crippen LogP contribution in [0.2, 0.25) is 5.02 Å². The zero-order valence-corrected chi connectivity index (χ0v) is 11.8. The second-order valence-electron chi connectivity index (χ2n) is 5.08. The van der Waals surface area contributed by atoms with Crippen molar-refractivity contribution >= 4 is 22.9 Å². The lowest BCUT2D eigenvalue weighted by Gasteiger charge is -2.07. The molecule has 0 aliphatic rings. The van der Waals surface area contributed by atoms with Crippen molar-refractivity contribution in [3.8, 4) is 0 Å². The van der Waals surface area contributed by atoms with Crippen LogP contribution in [0.5, 0.6) is 0 Å². The molecular formula is C14H17ClN2O. The van der Waals surface area contributed by atoms with E-state index in [0.29, 0.717) is 10.6 Å². The van der Waals surface area contributed by atoms with Crippen molar-refractivity contribution in [2.75, 3.05) is 0 Å². The number of halogens is 1. The number of carbonyl (C=O) groups is 1. The van der Waals surface area contributed by atoms with Crippen molar-refractivity contribution in [2.24, 2.45) is 5.92 Å². The largest absolute Gasteiger partial charge is 0.294 e. The molecule has 96 valence electrons. The van der Waals surface area contributed by atoms with Gasteiger partial charge in [-0.05, 0) is 18.1 Å². The third-order valence-electron chi connectivity index (χ3n) is 2.95. The topological polar surface area (TPSA) is 34.4 Å². The summed E-state index contributed by atoms with van der Waals surface area (Å²) in [7, 11) is 0. The fourth-order valence-corrected chi connectivity index (χ4v) is 2.27. The van der Waals surface area contributed by atoms with Crippen LogP contribution in [0.15, 0.2) is 18.3 Å². The second kappa shape index (κ2) is 4.73. The molecule has 0 N–H and O–H groups in total. The molecule has 0 aliphatic heterocycles. The van der Waals surface area contributed by atoms with Gasteiger partial charge in [-0.15, -0.1) is 0 Å². The average Bonchev–Trinajstić information content (AvgIpc) is 2.68. The van der Waals surface area contributed by atoms with E-state index < -0.39 is 0 Å². The highest BCUT2D eigenvalue weighted by molar-refractivity contribution is 6.35. The highest BCUT2D eigenvalue weighted by atomic mass is 35.5. The standard InChI is InChI=1S/C14H17ClN2O/c1-8(2)12-11(14(18)9(3)4)13-10(15)6-5-7-17(13)16-12/h5-9H,1-4H3. The fourth-order valence-electron chi connectivity index (χ4n) is 2.01. The van der Waals surface area contributed by atoms with Crippen molar-refractivity contribution < 1.29 is 4.79 Å². The Morgan fingerprint density at radius 3 is 2.56 bits per heavy atom. The summed E-state index contributed by atoms with van der Waals surface area (Å²) in [6.45, 7) is 7.86. The van der Waals surface area contributed by atoms with Gasteiger partial charge in [0.2, 0.25) is 0 Å². The van der Waals surface area contributed by atoms with E-state index in [0.717, 1.165) is 11.2 Å². The van der Waals surface area contributed by atoms with E-state index in [9.17, 15) is 4.79 Å². The van der Waals surface area contributed by atoms with E-state index in [2.05, 4.69) is 5.10 Å². The molecule has 3 nitrogen and oxygen atoms in total. The highest BCUT2D eigenvalue weighted by Gasteiger charge is 2.24. The number of hydrogen-bond donors (Lipinski definition) is 0. The smallest absolute Gasteiger partial charge is 0.169 e. The Morgan fingerprint density at radius 1 is 1.33 bits per heavy atom. The number of ketones is 1. The first kappa shape index (κ1) is 13.1. The summed E-state index contributed by atoms with van der Waals surface area (Å²) in [6.07, 6.45) is 1.82. The van der Waals surface area contributed by atoms with Crippen LogP contribution < -0.4 is 0 Å². The molecular weight excluding hydrogens is 248 g/mol. The summed E-state index contributed by atoms with van der Waals surface area (Å²) in [5, 5.41) is 5.06. The molecule has 0 fully saturated rings. The minimum absolute atomic E-state index is 0.0632. The molecule has 0 aromatic carbocycles. The molecule has 2 heterocycles. The second-order valence-corrected chi connectivity index (χ2v) is 5.49. The van der Waals surface area contributed by atoms with Crippen LogP contribution in [0.1, 0.15) is 49.7 Å². The number of hydrogen-bond acceptors (Lipinski definition) is 2. The zero-order chi connectivity index (χ0) is 13.4. The van der Waals surface area contributed by atoms with Crippen LogP contribution in [0.3, 0.4) is 0 Å². The van der Waals surface area contributed by atoms with Crippen LogP contribution >= 0.6 is 11.6 Å². The van der Waals surface area contributed by atoms with Gasteiger partial charge >= 0.3 is 0 Å². The Hall–Kier alpha value is -1.35. The van der Waals surface area contributed by atoms with Gasteiger partial charge in [0, 0.05) is 12.1 Å². The minimum Gasteiger partial charge on any atom is -0.294 e. The molecule has 0 bridgehead atoms. The van der Waals surface area contributed by atoms with Crippen LogP contribution in [0.25, 0.3) is 5.52 Å². The molecule has 0 aliphatic carbocycles. The molecule has 0 atom stereocenters. The van der Waals surface area contributed by atoms with E-state index in [-0.39, 0.29) is 17.6 Å². The van der Waals surface area contributed by atoms with Gasteiger partial charge in [-0.1, -0.05) is 39.3 Å². The quantitative estimate of drug-likeness (QED) is 0.787. The van der Waals surface area contributed by atoms with Gasteiger partial charge in [0.25, 0.3) is 0 Å². The van der Waals surface area contributed by atoms with Crippen molar-refractivity contribution in [1.29, 1.82) is 0 Å². The molecule has 0 radical (unpaired) electrons. The predicted octanol–water partition coefficient (Wildman–Crippen LogP) is 3.95. The Balaban J connectivity index is 2.81. The number of fused-ring (bicyclic) bond motifs is 1. The highest BCUT2D eigenvalue weighted by Crippen LogP contribution is 2.29. The Labute approximate surface area is 112 Å². The summed E-state index contributed by atoms with van der Waals surface area (Å²) in [5.74, 6) is 0.229. The first-order chi connectivity index (χ1) is 8.43. The maximum Gasteiger partial charge on any atom is 0.169 e. The number of carbonyl (C=O) groups excluding carboxylic acids is 1. The van der Waals surface area contributed by atoms with Crippen molar-refractivity contribution in [1.82, 2.24) is 9.61 Å². The first-order valence-corrected chi connectivity index (χ1v) is 6.52. The van der Waals surface area contributed by atoms with Crippen LogP contribution in [-0.4, -0.2) is 15.4 Å². The minimum atomic E-state index is -0.0632. The molecule has 0 saturated carbocycles. The van der Waals surface area contributed by atoms with E-state index in [1.807, 2.05) is 40.0 Å². The number of Topliss-reactive ketones (excluding diaryl/α,β-unsaturated/α-hetero) is 1. The van der Waals surface area contributed by atoms with Gasteiger partial charge in [0.05, 0.1) is 21.8 Å². The molecule has 2 aromatic heterocycles. The lowest BCUT2D eigenvalue weighted by molar-refractivity contribution is 0.0939. The van der Waals surface area contributed by atoms with Crippen molar-refractivity contribution in [3.63, 3.8) is 0 Å². The maximum absolute atomic E-state index is 12.4. The molecule has 2 rings (SSSR count). The van der Waals surface area contributed by atoms with Crippen molar-refractivity contribution in [3.05, 3.63) is 34.6 Å². The van der Waals surface area contributed by atoms with Gasteiger partial charge in [-0.3, -0.25) is 4.79 Å². The Morgan fingerprint density at radius 2 is 2.00 bits per heavy atom. The SMILES string of the molecule is CC(C)C(=O)c1c(C(C)C)nn2cccc(Cl)c12. The number of aromatic nitrogens is 2. The van der Waals surface area contributed by atoms with E-state index in [1.165, 1.54) is 0 Å². The summed E-state index contributed by atoms with van der Waals surface area (Å²) in [6, 6.07) is 3.62. The van der Waals surface area contributed by atoms with E-state index in [1.54, 1.807) is 10.6 Å².